The average molecular weight is 598 g/mol. The molecular weight excluding hydrogens is 571 g/mol. The van der Waals surface area contributed by atoms with E-state index in [0.29, 0.717) is 29.2 Å². The number of amides is 1. The van der Waals surface area contributed by atoms with Gasteiger partial charge in [0.1, 0.15) is 18.4 Å². The van der Waals surface area contributed by atoms with Gasteiger partial charge in [0, 0.05) is 13.1 Å². The van der Waals surface area contributed by atoms with E-state index in [-0.39, 0.29) is 23.7 Å². The van der Waals surface area contributed by atoms with Crippen LogP contribution in [0.2, 0.25) is 5.02 Å². The Morgan fingerprint density at radius 2 is 1.71 bits per heavy atom. The molecule has 0 aliphatic carbocycles. The SMILES string of the molecule is C[C@H](C(=O)NCCOc1ccc(S(=O)(=O)N2CCCC2)cc1)N(c1ccc(Cl)c(C(F)(F)F)c1)S(C)(=O)=O. The maximum absolute atomic E-state index is 13.3. The number of carbonyl (C=O) groups excluding carboxylic acids is 1. The summed E-state index contributed by atoms with van der Waals surface area (Å²) in [6.45, 7) is 2.12. The van der Waals surface area contributed by atoms with Gasteiger partial charge in [-0.25, -0.2) is 16.8 Å². The summed E-state index contributed by atoms with van der Waals surface area (Å²) < 4.78 is 97.3. The third-order valence-corrected chi connectivity index (χ3v) is 9.28. The number of alkyl halides is 3. The molecule has 0 saturated carbocycles. The van der Waals surface area contributed by atoms with Crippen LogP contribution in [0.3, 0.4) is 0 Å². The van der Waals surface area contributed by atoms with Gasteiger partial charge in [-0.1, -0.05) is 11.6 Å². The first-order valence-electron chi connectivity index (χ1n) is 11.5. The molecule has 9 nitrogen and oxygen atoms in total. The minimum absolute atomic E-state index is 0.0330. The van der Waals surface area contributed by atoms with E-state index in [1.54, 1.807) is 0 Å². The maximum Gasteiger partial charge on any atom is 0.417 e. The molecule has 2 aromatic carbocycles. The molecule has 1 amide bonds. The fraction of sp³-hybridized carbons (Fsp3) is 0.435. The van der Waals surface area contributed by atoms with Crippen LogP contribution in [0.15, 0.2) is 47.4 Å². The molecule has 1 heterocycles. The molecule has 0 aromatic heterocycles. The van der Waals surface area contributed by atoms with Crippen molar-refractivity contribution in [2.45, 2.75) is 36.9 Å². The molecule has 1 fully saturated rings. The number of ether oxygens (including phenoxy) is 1. The predicted molar refractivity (Wildman–Crippen MR) is 136 cm³/mol. The van der Waals surface area contributed by atoms with E-state index in [0.717, 1.165) is 31.2 Å². The van der Waals surface area contributed by atoms with E-state index < -0.39 is 48.8 Å². The van der Waals surface area contributed by atoms with E-state index in [2.05, 4.69) is 5.32 Å². The number of carbonyl (C=O) groups is 1. The molecule has 0 bridgehead atoms. The number of hydrogen-bond acceptors (Lipinski definition) is 6. The summed E-state index contributed by atoms with van der Waals surface area (Å²) in [6.07, 6.45) is -2.41. The van der Waals surface area contributed by atoms with Crippen LogP contribution in [0.4, 0.5) is 18.9 Å². The molecule has 1 aliphatic rings. The predicted octanol–water partition coefficient (Wildman–Crippen LogP) is 3.49. The summed E-state index contributed by atoms with van der Waals surface area (Å²) in [5.41, 5.74) is -1.60. The lowest BCUT2D eigenvalue weighted by Crippen LogP contribution is -2.48. The summed E-state index contributed by atoms with van der Waals surface area (Å²) in [4.78, 5) is 12.8. The van der Waals surface area contributed by atoms with Crippen molar-refractivity contribution >= 4 is 43.2 Å². The molecule has 0 radical (unpaired) electrons. The third-order valence-electron chi connectivity index (χ3n) is 5.79. The second kappa shape index (κ2) is 11.7. The average Bonchev–Trinajstić information content (AvgIpc) is 3.37. The number of nitrogens with one attached hydrogen (secondary N) is 1. The fourth-order valence-corrected chi connectivity index (χ4v) is 6.86. The quantitative estimate of drug-likeness (QED) is 0.420. The first-order chi connectivity index (χ1) is 17.6. The minimum Gasteiger partial charge on any atom is -0.492 e. The molecule has 1 atom stereocenters. The third kappa shape index (κ3) is 7.10. The monoisotopic (exact) mass is 597 g/mol. The van der Waals surface area contributed by atoms with Gasteiger partial charge in [-0.05, 0) is 62.2 Å². The zero-order chi connectivity index (χ0) is 28.3. The lowest BCUT2D eigenvalue weighted by molar-refractivity contribution is -0.137. The van der Waals surface area contributed by atoms with Crippen LogP contribution < -0.4 is 14.4 Å². The standard InChI is InChI=1S/C23H27ClF3N3O6S2/c1-16(30(37(2,32)33)17-5-10-21(24)20(15-17)23(25,26)27)22(31)28-11-14-36-18-6-8-19(9-7-18)38(34,35)29-12-3-4-13-29/h5-10,15-16H,3-4,11-14H2,1-2H3,(H,28,31)/t16-/m1/s1. The molecule has 210 valence electrons. The first-order valence-corrected chi connectivity index (χ1v) is 15.2. The van der Waals surface area contributed by atoms with Crippen LogP contribution in [0.25, 0.3) is 0 Å². The van der Waals surface area contributed by atoms with Gasteiger partial charge in [-0.15, -0.1) is 0 Å². The van der Waals surface area contributed by atoms with Crippen LogP contribution >= 0.6 is 11.6 Å². The van der Waals surface area contributed by atoms with E-state index in [1.807, 2.05) is 0 Å². The largest absolute Gasteiger partial charge is 0.492 e. The molecule has 2 aromatic rings. The zero-order valence-corrected chi connectivity index (χ0v) is 22.9. The molecule has 0 unspecified atom stereocenters. The number of anilines is 1. The van der Waals surface area contributed by atoms with E-state index in [9.17, 15) is 34.8 Å². The lowest BCUT2D eigenvalue weighted by atomic mass is 10.1. The van der Waals surface area contributed by atoms with Crippen molar-refractivity contribution < 1.29 is 39.5 Å². The van der Waals surface area contributed by atoms with Crippen molar-refractivity contribution in [2.24, 2.45) is 0 Å². The van der Waals surface area contributed by atoms with Crippen molar-refractivity contribution in [3.63, 3.8) is 0 Å². The lowest BCUT2D eigenvalue weighted by Gasteiger charge is -2.29. The van der Waals surface area contributed by atoms with Crippen LogP contribution in [0, 0.1) is 0 Å². The van der Waals surface area contributed by atoms with E-state index >= 15 is 0 Å². The number of rotatable bonds is 10. The number of hydrogen-bond donors (Lipinski definition) is 1. The Hall–Kier alpha value is -2.55. The molecule has 1 saturated heterocycles. The van der Waals surface area contributed by atoms with Crippen molar-refractivity contribution in [2.75, 3.05) is 36.8 Å². The summed E-state index contributed by atoms with van der Waals surface area (Å²) in [5, 5.41) is 1.88. The highest BCUT2D eigenvalue weighted by molar-refractivity contribution is 7.92. The molecule has 38 heavy (non-hydrogen) atoms. The van der Waals surface area contributed by atoms with Crippen molar-refractivity contribution in [1.29, 1.82) is 0 Å². The first kappa shape index (κ1) is 30.0. The Morgan fingerprint density at radius 1 is 1.11 bits per heavy atom. The molecule has 1 N–H and O–H groups in total. The van der Waals surface area contributed by atoms with Crippen LogP contribution in [-0.4, -0.2) is 65.6 Å². The van der Waals surface area contributed by atoms with E-state index in [4.69, 9.17) is 16.3 Å². The Morgan fingerprint density at radius 3 is 2.26 bits per heavy atom. The Balaban J connectivity index is 1.61. The summed E-state index contributed by atoms with van der Waals surface area (Å²) >= 11 is 5.62. The number of sulfonamides is 2. The highest BCUT2D eigenvalue weighted by Crippen LogP contribution is 2.37. The van der Waals surface area contributed by atoms with Gasteiger partial charge in [0.2, 0.25) is 26.0 Å². The van der Waals surface area contributed by atoms with E-state index in [1.165, 1.54) is 35.5 Å². The van der Waals surface area contributed by atoms with Crippen LogP contribution in [-0.2, 0) is 31.0 Å². The smallest absolute Gasteiger partial charge is 0.417 e. The Kier molecular flexibility index (Phi) is 9.22. The normalized spacial score (nSPS) is 15.7. The second-order valence-electron chi connectivity index (χ2n) is 8.62. The van der Waals surface area contributed by atoms with Crippen molar-refractivity contribution in [1.82, 2.24) is 9.62 Å². The van der Waals surface area contributed by atoms with Gasteiger partial charge in [0.05, 0.1) is 34.0 Å². The Labute approximate surface area is 224 Å². The molecule has 15 heteroatoms. The van der Waals surface area contributed by atoms with Crippen LogP contribution in [0.5, 0.6) is 5.75 Å². The minimum atomic E-state index is -4.82. The van der Waals surface area contributed by atoms with Gasteiger partial charge < -0.3 is 10.1 Å². The number of benzene rings is 2. The summed E-state index contributed by atoms with van der Waals surface area (Å²) in [6, 6.07) is 7.00. The zero-order valence-electron chi connectivity index (χ0n) is 20.5. The maximum atomic E-state index is 13.3. The molecule has 3 rings (SSSR count). The van der Waals surface area contributed by atoms with Crippen molar-refractivity contribution in [3.8, 4) is 5.75 Å². The molecular formula is C23H27ClF3N3O6S2. The highest BCUT2D eigenvalue weighted by Gasteiger charge is 2.36. The van der Waals surface area contributed by atoms with Gasteiger partial charge in [0.25, 0.3) is 0 Å². The molecule has 1 aliphatic heterocycles. The second-order valence-corrected chi connectivity index (χ2v) is 12.8. The van der Waals surface area contributed by atoms with Gasteiger partial charge >= 0.3 is 6.18 Å². The van der Waals surface area contributed by atoms with Gasteiger partial charge in [0.15, 0.2) is 0 Å². The number of nitrogens with zero attached hydrogens (tertiary/aromatic N) is 2. The summed E-state index contributed by atoms with van der Waals surface area (Å²) in [5.74, 6) is -0.416. The highest BCUT2D eigenvalue weighted by atomic mass is 35.5. The topological polar surface area (TPSA) is 113 Å². The van der Waals surface area contributed by atoms with Gasteiger partial charge in [-0.3, -0.25) is 9.10 Å². The Bertz CT molecular complexity index is 1360. The number of halogens is 4. The summed E-state index contributed by atoms with van der Waals surface area (Å²) in [7, 11) is -7.72. The van der Waals surface area contributed by atoms with Crippen molar-refractivity contribution in [3.05, 3.63) is 53.1 Å². The molecule has 0 spiro atoms. The fourth-order valence-electron chi connectivity index (χ4n) is 3.95. The van der Waals surface area contributed by atoms with Gasteiger partial charge in [-0.2, -0.15) is 17.5 Å². The van der Waals surface area contributed by atoms with Crippen LogP contribution in [0.1, 0.15) is 25.3 Å².